The highest BCUT2D eigenvalue weighted by Crippen LogP contribution is 2.21. The maximum atomic E-state index is 11.8. The van der Waals surface area contributed by atoms with E-state index in [-0.39, 0.29) is 11.8 Å². The zero-order valence-corrected chi connectivity index (χ0v) is 15.5. The molecule has 7 heteroatoms. The second kappa shape index (κ2) is 8.14. The van der Waals surface area contributed by atoms with E-state index in [0.29, 0.717) is 13.2 Å². The molecule has 1 saturated heterocycles. The van der Waals surface area contributed by atoms with Gasteiger partial charge in [-0.15, -0.1) is 0 Å². The Bertz CT molecular complexity index is 755. The Morgan fingerprint density at radius 3 is 2.42 bits per heavy atom. The minimum absolute atomic E-state index is 0.00675. The van der Waals surface area contributed by atoms with E-state index in [1.807, 2.05) is 51.1 Å². The summed E-state index contributed by atoms with van der Waals surface area (Å²) in [4.78, 5) is 23.0. The number of nitrogens with one attached hydrogen (secondary N) is 2. The highest BCUT2D eigenvalue weighted by Gasteiger charge is 2.15. The van der Waals surface area contributed by atoms with Crippen molar-refractivity contribution in [3.8, 4) is 0 Å². The van der Waals surface area contributed by atoms with Crippen LogP contribution in [0.3, 0.4) is 0 Å². The van der Waals surface area contributed by atoms with Gasteiger partial charge in [0.1, 0.15) is 5.82 Å². The van der Waals surface area contributed by atoms with Crippen LogP contribution in [-0.2, 0) is 9.53 Å². The molecule has 1 amide bonds. The summed E-state index contributed by atoms with van der Waals surface area (Å²) in [5, 5.41) is 6.19. The van der Waals surface area contributed by atoms with Crippen LogP contribution in [0.15, 0.2) is 30.3 Å². The van der Waals surface area contributed by atoms with Crippen molar-refractivity contribution in [2.45, 2.75) is 20.8 Å². The van der Waals surface area contributed by atoms with Gasteiger partial charge in [-0.2, -0.15) is 4.98 Å². The highest BCUT2D eigenvalue weighted by atomic mass is 16.5. The molecule has 7 nitrogen and oxygen atoms in total. The lowest BCUT2D eigenvalue weighted by atomic mass is 10.2. The van der Waals surface area contributed by atoms with Gasteiger partial charge >= 0.3 is 0 Å². The number of ether oxygens (including phenoxy) is 1. The van der Waals surface area contributed by atoms with E-state index in [2.05, 4.69) is 25.5 Å². The SMILES string of the molecule is Cc1cc(Nc2ccc(NC(=O)C(C)C)cc2)nc(N2CCOCC2)n1. The van der Waals surface area contributed by atoms with E-state index in [1.165, 1.54) is 0 Å². The van der Waals surface area contributed by atoms with Crippen molar-refractivity contribution >= 4 is 29.0 Å². The molecule has 2 heterocycles. The Morgan fingerprint density at radius 2 is 1.77 bits per heavy atom. The average Bonchev–Trinajstić information content (AvgIpc) is 2.63. The van der Waals surface area contributed by atoms with Crippen LogP contribution in [0.5, 0.6) is 0 Å². The van der Waals surface area contributed by atoms with Gasteiger partial charge in [0.2, 0.25) is 11.9 Å². The first kappa shape index (κ1) is 18.1. The van der Waals surface area contributed by atoms with Gasteiger partial charge in [0.05, 0.1) is 13.2 Å². The van der Waals surface area contributed by atoms with Crippen molar-refractivity contribution in [2.75, 3.05) is 41.8 Å². The van der Waals surface area contributed by atoms with Crippen LogP contribution in [0, 0.1) is 12.8 Å². The highest BCUT2D eigenvalue weighted by molar-refractivity contribution is 5.92. The lowest BCUT2D eigenvalue weighted by Gasteiger charge is -2.27. The second-order valence-corrected chi connectivity index (χ2v) is 6.64. The van der Waals surface area contributed by atoms with Gasteiger partial charge in [0.15, 0.2) is 0 Å². The molecule has 1 aromatic heterocycles. The third kappa shape index (κ3) is 4.70. The van der Waals surface area contributed by atoms with E-state index >= 15 is 0 Å². The molecule has 1 fully saturated rings. The van der Waals surface area contributed by atoms with Crippen LogP contribution in [0.2, 0.25) is 0 Å². The maximum Gasteiger partial charge on any atom is 0.227 e. The normalized spacial score (nSPS) is 14.4. The summed E-state index contributed by atoms with van der Waals surface area (Å²) in [5.41, 5.74) is 2.59. The Balaban J connectivity index is 1.70. The van der Waals surface area contributed by atoms with Gasteiger partial charge in [-0.3, -0.25) is 4.79 Å². The number of carbonyl (C=O) groups is 1. The van der Waals surface area contributed by atoms with Crippen molar-refractivity contribution in [1.82, 2.24) is 9.97 Å². The molecular formula is C19H25N5O2. The summed E-state index contributed by atoms with van der Waals surface area (Å²) in [6.45, 7) is 8.69. The Morgan fingerprint density at radius 1 is 1.12 bits per heavy atom. The molecule has 3 rings (SSSR count). The Kier molecular flexibility index (Phi) is 5.68. The average molecular weight is 355 g/mol. The quantitative estimate of drug-likeness (QED) is 0.858. The number of nitrogens with zero attached hydrogens (tertiary/aromatic N) is 3. The predicted octanol–water partition coefficient (Wildman–Crippen LogP) is 2.96. The number of carbonyl (C=O) groups excluding carboxylic acids is 1. The molecule has 0 unspecified atom stereocenters. The monoisotopic (exact) mass is 355 g/mol. The lowest BCUT2D eigenvalue weighted by molar-refractivity contribution is -0.118. The number of benzene rings is 1. The third-order valence-electron chi connectivity index (χ3n) is 4.09. The maximum absolute atomic E-state index is 11.8. The fourth-order valence-electron chi connectivity index (χ4n) is 2.59. The molecule has 26 heavy (non-hydrogen) atoms. The van der Waals surface area contributed by atoms with Gasteiger partial charge < -0.3 is 20.3 Å². The van der Waals surface area contributed by atoms with Crippen LogP contribution in [0.25, 0.3) is 0 Å². The van der Waals surface area contributed by atoms with Crippen LogP contribution in [0.1, 0.15) is 19.5 Å². The van der Waals surface area contributed by atoms with Gasteiger partial charge in [0.25, 0.3) is 0 Å². The molecule has 138 valence electrons. The third-order valence-corrected chi connectivity index (χ3v) is 4.09. The number of aromatic nitrogens is 2. The lowest BCUT2D eigenvalue weighted by Crippen LogP contribution is -2.37. The number of anilines is 4. The fourth-order valence-corrected chi connectivity index (χ4v) is 2.59. The molecule has 0 atom stereocenters. The molecule has 2 N–H and O–H groups in total. The van der Waals surface area contributed by atoms with E-state index in [1.54, 1.807) is 0 Å². The molecule has 0 bridgehead atoms. The number of hydrogen-bond donors (Lipinski definition) is 2. The van der Waals surface area contributed by atoms with Gasteiger partial charge in [-0.1, -0.05) is 13.8 Å². The van der Waals surface area contributed by atoms with Gasteiger partial charge in [-0.05, 0) is 31.2 Å². The zero-order chi connectivity index (χ0) is 18.5. The minimum atomic E-state index is -0.0459. The summed E-state index contributed by atoms with van der Waals surface area (Å²) in [5.74, 6) is 1.43. The van der Waals surface area contributed by atoms with Crippen LogP contribution < -0.4 is 15.5 Å². The number of aryl methyl sites for hydroxylation is 1. The number of hydrogen-bond acceptors (Lipinski definition) is 6. The molecule has 2 aromatic rings. The van der Waals surface area contributed by atoms with E-state index in [9.17, 15) is 4.79 Å². The molecular weight excluding hydrogens is 330 g/mol. The second-order valence-electron chi connectivity index (χ2n) is 6.64. The molecule has 0 saturated carbocycles. The molecule has 0 radical (unpaired) electrons. The van der Waals surface area contributed by atoms with Crippen molar-refractivity contribution in [1.29, 1.82) is 0 Å². The first-order valence-corrected chi connectivity index (χ1v) is 8.87. The standard InChI is InChI=1S/C19H25N5O2/c1-13(2)18(25)22-16-6-4-15(5-7-16)21-17-12-14(3)20-19(23-17)24-8-10-26-11-9-24/h4-7,12-13H,8-11H2,1-3H3,(H,22,25)(H,20,21,23). The summed E-state index contributed by atoms with van der Waals surface area (Å²) in [6, 6.07) is 9.50. The fraction of sp³-hybridized carbons (Fsp3) is 0.421. The van der Waals surface area contributed by atoms with Crippen LogP contribution >= 0.6 is 0 Å². The number of morpholine rings is 1. The first-order chi connectivity index (χ1) is 12.5. The Hall–Kier alpha value is -2.67. The zero-order valence-electron chi connectivity index (χ0n) is 15.5. The van der Waals surface area contributed by atoms with E-state index in [0.717, 1.165) is 41.9 Å². The summed E-state index contributed by atoms with van der Waals surface area (Å²) in [7, 11) is 0. The summed E-state index contributed by atoms with van der Waals surface area (Å²) < 4.78 is 5.39. The largest absolute Gasteiger partial charge is 0.378 e. The summed E-state index contributed by atoms with van der Waals surface area (Å²) >= 11 is 0. The predicted molar refractivity (Wildman–Crippen MR) is 103 cm³/mol. The number of rotatable bonds is 5. The molecule has 1 aliphatic heterocycles. The van der Waals surface area contributed by atoms with Crippen molar-refractivity contribution in [3.63, 3.8) is 0 Å². The molecule has 0 spiro atoms. The molecule has 0 aliphatic carbocycles. The molecule has 1 aliphatic rings. The molecule has 1 aromatic carbocycles. The van der Waals surface area contributed by atoms with Gasteiger partial charge in [0, 0.05) is 42.1 Å². The first-order valence-electron chi connectivity index (χ1n) is 8.87. The van der Waals surface area contributed by atoms with E-state index < -0.39 is 0 Å². The van der Waals surface area contributed by atoms with Crippen molar-refractivity contribution in [3.05, 3.63) is 36.0 Å². The van der Waals surface area contributed by atoms with Crippen LogP contribution in [0.4, 0.5) is 23.1 Å². The smallest absolute Gasteiger partial charge is 0.227 e. The Labute approximate surface area is 153 Å². The van der Waals surface area contributed by atoms with Crippen molar-refractivity contribution < 1.29 is 9.53 Å². The number of amides is 1. The minimum Gasteiger partial charge on any atom is -0.378 e. The van der Waals surface area contributed by atoms with Crippen LogP contribution in [-0.4, -0.2) is 42.2 Å². The summed E-state index contributed by atoms with van der Waals surface area (Å²) in [6.07, 6.45) is 0. The van der Waals surface area contributed by atoms with Crippen molar-refractivity contribution in [2.24, 2.45) is 5.92 Å². The topological polar surface area (TPSA) is 79.4 Å². The van der Waals surface area contributed by atoms with Gasteiger partial charge in [-0.25, -0.2) is 4.98 Å². The van der Waals surface area contributed by atoms with E-state index in [4.69, 9.17) is 4.74 Å².